The van der Waals surface area contributed by atoms with Crippen molar-refractivity contribution in [1.82, 2.24) is 0 Å². The first-order chi connectivity index (χ1) is 5.16. The molecule has 1 aliphatic carbocycles. The van der Waals surface area contributed by atoms with Crippen molar-refractivity contribution in [2.45, 2.75) is 32.3 Å². The Morgan fingerprint density at radius 1 is 1.82 bits per heavy atom. The zero-order valence-corrected chi connectivity index (χ0v) is 6.88. The van der Waals surface area contributed by atoms with Gasteiger partial charge >= 0.3 is 0 Å². The normalized spacial score (nSPS) is 36.6. The number of allylic oxidation sites excluding steroid dienone is 1. The smallest absolute Gasteiger partial charge is 0.0721 e. The molecule has 0 saturated heterocycles. The van der Waals surface area contributed by atoms with E-state index < -0.39 is 0 Å². The molecule has 1 N–H and O–H groups in total. The van der Waals surface area contributed by atoms with Crippen molar-refractivity contribution < 1.29 is 5.11 Å². The highest BCUT2D eigenvalue weighted by Gasteiger charge is 2.24. The predicted octanol–water partition coefficient (Wildman–Crippen LogP) is 1.73. The maximum Gasteiger partial charge on any atom is 0.0721 e. The van der Waals surface area contributed by atoms with Crippen molar-refractivity contribution >= 4 is 0 Å². The van der Waals surface area contributed by atoms with Gasteiger partial charge in [0.1, 0.15) is 0 Å². The Kier molecular flexibility index (Phi) is 2.36. The van der Waals surface area contributed by atoms with E-state index in [0.717, 1.165) is 19.3 Å². The van der Waals surface area contributed by atoms with Crippen LogP contribution in [0.25, 0.3) is 0 Å². The van der Waals surface area contributed by atoms with Crippen LogP contribution in [0.5, 0.6) is 0 Å². The van der Waals surface area contributed by atoms with Crippen LogP contribution in [-0.2, 0) is 0 Å². The van der Waals surface area contributed by atoms with Crippen molar-refractivity contribution in [1.29, 1.82) is 0 Å². The first-order valence-electron chi connectivity index (χ1n) is 3.97. The second-order valence-electron chi connectivity index (χ2n) is 3.50. The van der Waals surface area contributed by atoms with Crippen LogP contribution in [-0.4, -0.2) is 11.2 Å². The molecule has 0 fully saturated rings. The summed E-state index contributed by atoms with van der Waals surface area (Å²) >= 11 is 0. The lowest BCUT2D eigenvalue weighted by molar-refractivity contribution is 0.176. The molecular weight excluding hydrogens is 136 g/mol. The number of hydrogen-bond acceptors (Lipinski definition) is 1. The number of rotatable bonds is 1. The summed E-state index contributed by atoms with van der Waals surface area (Å²) in [6, 6.07) is 0. The standard InChI is InChI=1S/C10H14O/c1-3-6-10(2)7-4-9(11)5-8-10/h1,4,7,9,11H,5-6,8H2,2H3. The lowest BCUT2D eigenvalue weighted by Gasteiger charge is -2.28. The topological polar surface area (TPSA) is 20.2 Å². The molecule has 0 radical (unpaired) electrons. The minimum Gasteiger partial charge on any atom is -0.389 e. The third-order valence-electron chi connectivity index (χ3n) is 2.24. The van der Waals surface area contributed by atoms with Crippen LogP contribution in [0, 0.1) is 17.8 Å². The Labute approximate surface area is 68.1 Å². The number of aliphatic hydroxyl groups is 1. The van der Waals surface area contributed by atoms with E-state index in [0.29, 0.717) is 0 Å². The van der Waals surface area contributed by atoms with Crippen molar-refractivity contribution in [3.05, 3.63) is 12.2 Å². The van der Waals surface area contributed by atoms with E-state index in [9.17, 15) is 5.11 Å². The molecule has 0 bridgehead atoms. The van der Waals surface area contributed by atoms with Crippen molar-refractivity contribution in [3.63, 3.8) is 0 Å². The van der Waals surface area contributed by atoms with Gasteiger partial charge in [0, 0.05) is 6.42 Å². The Hall–Kier alpha value is -0.740. The predicted molar refractivity (Wildman–Crippen MR) is 45.9 cm³/mol. The summed E-state index contributed by atoms with van der Waals surface area (Å²) in [7, 11) is 0. The summed E-state index contributed by atoms with van der Waals surface area (Å²) < 4.78 is 0. The zero-order chi connectivity index (χ0) is 8.32. The van der Waals surface area contributed by atoms with Crippen LogP contribution < -0.4 is 0 Å². The highest BCUT2D eigenvalue weighted by Crippen LogP contribution is 2.33. The molecule has 0 aromatic carbocycles. The van der Waals surface area contributed by atoms with Crippen LogP contribution >= 0.6 is 0 Å². The van der Waals surface area contributed by atoms with Gasteiger partial charge in [-0.1, -0.05) is 19.1 Å². The molecule has 1 nitrogen and oxygen atoms in total. The number of aliphatic hydroxyl groups excluding tert-OH is 1. The average Bonchev–Trinajstić information content (AvgIpc) is 1.97. The van der Waals surface area contributed by atoms with Crippen molar-refractivity contribution in [2.24, 2.45) is 5.41 Å². The monoisotopic (exact) mass is 150 g/mol. The SMILES string of the molecule is C#CCC1(C)C=CC(O)CC1. The van der Waals surface area contributed by atoms with Crippen LogP contribution in [0.3, 0.4) is 0 Å². The summed E-state index contributed by atoms with van der Waals surface area (Å²) in [5.74, 6) is 2.66. The first kappa shape index (κ1) is 8.36. The highest BCUT2D eigenvalue weighted by molar-refractivity contribution is 5.09. The Balaban J connectivity index is 2.61. The van der Waals surface area contributed by atoms with Crippen LogP contribution in [0.4, 0.5) is 0 Å². The van der Waals surface area contributed by atoms with Gasteiger partial charge in [-0.05, 0) is 18.3 Å². The first-order valence-corrected chi connectivity index (χ1v) is 3.97. The lowest BCUT2D eigenvalue weighted by Crippen LogP contribution is -2.21. The van der Waals surface area contributed by atoms with Gasteiger partial charge in [-0.2, -0.15) is 0 Å². The molecule has 0 aromatic rings. The molecule has 2 unspecified atom stereocenters. The fourth-order valence-electron chi connectivity index (χ4n) is 1.38. The summed E-state index contributed by atoms with van der Waals surface area (Å²) in [5.41, 5.74) is 0.133. The van der Waals surface area contributed by atoms with E-state index in [1.165, 1.54) is 0 Å². The Bertz CT molecular complexity index is 199. The van der Waals surface area contributed by atoms with Gasteiger partial charge in [0.15, 0.2) is 0 Å². The van der Waals surface area contributed by atoms with Gasteiger partial charge < -0.3 is 5.11 Å². The largest absolute Gasteiger partial charge is 0.389 e. The summed E-state index contributed by atoms with van der Waals surface area (Å²) in [4.78, 5) is 0. The van der Waals surface area contributed by atoms with Gasteiger partial charge in [-0.15, -0.1) is 12.3 Å². The summed E-state index contributed by atoms with van der Waals surface area (Å²) in [6.45, 7) is 2.13. The lowest BCUT2D eigenvalue weighted by atomic mass is 9.78. The van der Waals surface area contributed by atoms with Gasteiger partial charge in [0.25, 0.3) is 0 Å². The number of terminal acetylenes is 1. The highest BCUT2D eigenvalue weighted by atomic mass is 16.3. The summed E-state index contributed by atoms with van der Waals surface area (Å²) in [5, 5.41) is 9.17. The molecular formula is C10H14O. The fraction of sp³-hybridized carbons (Fsp3) is 0.600. The van der Waals surface area contributed by atoms with Gasteiger partial charge in [-0.25, -0.2) is 0 Å². The van der Waals surface area contributed by atoms with E-state index in [2.05, 4.69) is 12.8 Å². The molecule has 0 aromatic heterocycles. The number of hydrogen-bond donors (Lipinski definition) is 1. The Morgan fingerprint density at radius 3 is 3.00 bits per heavy atom. The van der Waals surface area contributed by atoms with E-state index >= 15 is 0 Å². The molecule has 1 heteroatoms. The maximum absolute atomic E-state index is 9.17. The molecule has 2 atom stereocenters. The Morgan fingerprint density at radius 2 is 2.55 bits per heavy atom. The minimum atomic E-state index is -0.249. The second-order valence-corrected chi connectivity index (χ2v) is 3.50. The third kappa shape index (κ3) is 2.10. The fourth-order valence-corrected chi connectivity index (χ4v) is 1.38. The van der Waals surface area contributed by atoms with Crippen molar-refractivity contribution in [2.75, 3.05) is 0 Å². The molecule has 0 amide bonds. The quantitative estimate of drug-likeness (QED) is 0.446. The molecule has 11 heavy (non-hydrogen) atoms. The van der Waals surface area contributed by atoms with Crippen LogP contribution in [0.2, 0.25) is 0 Å². The molecule has 60 valence electrons. The third-order valence-corrected chi connectivity index (χ3v) is 2.24. The molecule has 0 heterocycles. The van der Waals surface area contributed by atoms with Gasteiger partial charge in [-0.3, -0.25) is 0 Å². The van der Waals surface area contributed by atoms with E-state index in [-0.39, 0.29) is 11.5 Å². The van der Waals surface area contributed by atoms with Crippen LogP contribution in [0.1, 0.15) is 26.2 Å². The zero-order valence-electron chi connectivity index (χ0n) is 6.88. The minimum absolute atomic E-state index is 0.133. The average molecular weight is 150 g/mol. The molecule has 0 spiro atoms. The molecule has 0 aliphatic heterocycles. The van der Waals surface area contributed by atoms with E-state index in [4.69, 9.17) is 6.42 Å². The van der Waals surface area contributed by atoms with Crippen molar-refractivity contribution in [3.8, 4) is 12.3 Å². The summed E-state index contributed by atoms with van der Waals surface area (Å²) in [6.07, 6.45) is 11.5. The maximum atomic E-state index is 9.17. The van der Waals surface area contributed by atoms with E-state index in [1.54, 1.807) is 0 Å². The second kappa shape index (κ2) is 3.11. The van der Waals surface area contributed by atoms with Crippen LogP contribution in [0.15, 0.2) is 12.2 Å². The van der Waals surface area contributed by atoms with E-state index in [1.807, 2.05) is 12.2 Å². The molecule has 0 saturated carbocycles. The van der Waals surface area contributed by atoms with Gasteiger partial charge in [0.05, 0.1) is 6.10 Å². The molecule has 1 aliphatic rings. The van der Waals surface area contributed by atoms with Gasteiger partial charge in [0.2, 0.25) is 0 Å². The molecule has 1 rings (SSSR count).